The van der Waals surface area contributed by atoms with E-state index in [1.807, 2.05) is 4.98 Å². The Bertz CT molecular complexity index is 513. The molecule has 3 N–H and O–H groups in total. The van der Waals surface area contributed by atoms with E-state index >= 15 is 0 Å². The van der Waals surface area contributed by atoms with Gasteiger partial charge < -0.3 is 14.9 Å². The molecule has 1 aromatic heterocycles. The highest BCUT2D eigenvalue weighted by Gasteiger charge is 2.45. The van der Waals surface area contributed by atoms with Crippen LogP contribution in [0, 0.1) is 0 Å². The molecule has 0 unspecified atom stereocenters. The third-order valence-electron chi connectivity index (χ3n) is 2.60. The van der Waals surface area contributed by atoms with E-state index in [1.165, 1.54) is 0 Å². The molecule has 0 bridgehead atoms. The van der Waals surface area contributed by atoms with E-state index in [-0.39, 0.29) is 0 Å². The fourth-order valence-corrected chi connectivity index (χ4v) is 1.71. The van der Waals surface area contributed by atoms with Crippen LogP contribution in [0.4, 0.5) is 4.39 Å². The average Bonchev–Trinajstić information content (AvgIpc) is 2.57. The first-order valence-corrected chi connectivity index (χ1v) is 4.94. The normalized spacial score (nSPS) is 32.9. The van der Waals surface area contributed by atoms with Crippen LogP contribution in [-0.2, 0) is 4.74 Å². The third-order valence-corrected chi connectivity index (χ3v) is 2.60. The van der Waals surface area contributed by atoms with E-state index in [0.29, 0.717) is 0 Å². The van der Waals surface area contributed by atoms with Crippen LogP contribution in [0.15, 0.2) is 21.9 Å². The van der Waals surface area contributed by atoms with Gasteiger partial charge in [-0.1, -0.05) is 0 Å². The maximum Gasteiger partial charge on any atom is 0.330 e. The molecule has 1 aliphatic heterocycles. The first-order valence-electron chi connectivity index (χ1n) is 4.94. The second-order valence-electron chi connectivity index (χ2n) is 3.70. The summed E-state index contributed by atoms with van der Waals surface area (Å²) >= 11 is 0. The molecule has 2 heterocycles. The molecular weight excluding hydrogens is 234 g/mol. The van der Waals surface area contributed by atoms with Crippen LogP contribution >= 0.6 is 0 Å². The Hall–Kier alpha value is -1.51. The minimum absolute atomic E-state index is 0.559. The summed E-state index contributed by atoms with van der Waals surface area (Å²) in [6.45, 7) is -0.559. The van der Waals surface area contributed by atoms with Crippen LogP contribution in [-0.4, -0.2) is 44.8 Å². The maximum atomic E-state index is 13.6. The Labute approximate surface area is 94.1 Å². The molecule has 0 radical (unpaired) electrons. The zero-order chi connectivity index (χ0) is 12.6. The number of rotatable bonds is 2. The predicted octanol–water partition coefficient (Wildman–Crippen LogP) is -1.87. The van der Waals surface area contributed by atoms with Crippen LogP contribution in [0.1, 0.15) is 6.23 Å². The van der Waals surface area contributed by atoms with Crippen LogP contribution < -0.4 is 11.2 Å². The van der Waals surface area contributed by atoms with Crippen molar-refractivity contribution in [2.45, 2.75) is 24.6 Å². The summed E-state index contributed by atoms with van der Waals surface area (Å²) in [7, 11) is 0. The standard InChI is InChI=1S/C9H11FN2O5/c10-6-7(15)4(3-13)17-8(6)12-2-1-5(14)11-9(12)16/h1-2,4,6-8,13,15H,3H2,(H,11,14,16)/t4-,6-,7-,8-/m1/s1/i10-1. The largest absolute Gasteiger partial charge is 0.394 e. The van der Waals surface area contributed by atoms with Crippen molar-refractivity contribution in [3.63, 3.8) is 0 Å². The zero-order valence-electron chi connectivity index (χ0n) is 8.62. The average molecular weight is 245 g/mol. The topological polar surface area (TPSA) is 105 Å². The van der Waals surface area contributed by atoms with Gasteiger partial charge in [-0.2, -0.15) is 0 Å². The van der Waals surface area contributed by atoms with Crippen LogP contribution in [0.25, 0.3) is 0 Å². The highest BCUT2D eigenvalue weighted by molar-refractivity contribution is 4.93. The second kappa shape index (κ2) is 4.40. The van der Waals surface area contributed by atoms with E-state index in [2.05, 4.69) is 0 Å². The summed E-state index contributed by atoms with van der Waals surface area (Å²) in [6, 6.07) is 1.04. The predicted molar refractivity (Wildman–Crippen MR) is 53.2 cm³/mol. The van der Waals surface area contributed by atoms with Crippen molar-refractivity contribution < 1.29 is 19.3 Å². The van der Waals surface area contributed by atoms with Gasteiger partial charge in [0.1, 0.15) is 12.2 Å². The number of hydrogen-bond acceptors (Lipinski definition) is 5. The number of ether oxygens (including phenoxy) is 1. The van der Waals surface area contributed by atoms with Gasteiger partial charge in [0.05, 0.1) is 6.61 Å². The molecule has 2 rings (SSSR count). The van der Waals surface area contributed by atoms with Crippen molar-refractivity contribution >= 4 is 0 Å². The second-order valence-corrected chi connectivity index (χ2v) is 3.70. The summed E-state index contributed by atoms with van der Waals surface area (Å²) < 4.78 is 19.5. The van der Waals surface area contributed by atoms with Gasteiger partial charge >= 0.3 is 5.69 Å². The van der Waals surface area contributed by atoms with Gasteiger partial charge in [0, 0.05) is 12.3 Å². The van der Waals surface area contributed by atoms with Crippen molar-refractivity contribution in [1.29, 1.82) is 0 Å². The molecule has 8 heteroatoms. The first-order chi connectivity index (χ1) is 8.04. The van der Waals surface area contributed by atoms with Gasteiger partial charge in [0.2, 0.25) is 0 Å². The van der Waals surface area contributed by atoms with Gasteiger partial charge in [-0.15, -0.1) is 0 Å². The molecule has 1 aromatic rings. The van der Waals surface area contributed by atoms with Crippen molar-refractivity contribution in [2.75, 3.05) is 6.61 Å². The van der Waals surface area contributed by atoms with E-state index in [0.717, 1.165) is 16.8 Å². The minimum atomic E-state index is -1.85. The Balaban J connectivity index is 2.35. The van der Waals surface area contributed by atoms with Gasteiger partial charge in [0.15, 0.2) is 12.4 Å². The lowest BCUT2D eigenvalue weighted by Gasteiger charge is -2.15. The Morgan fingerprint density at radius 2 is 2.24 bits per heavy atom. The SMILES string of the molecule is O=c1ccn([C@@H]2O[C@H](CO)[C@@H](O)[C@H]2[18F])c(=O)[nH]1. The molecule has 1 fully saturated rings. The number of aromatic amines is 1. The van der Waals surface area contributed by atoms with Gasteiger partial charge in [-0.25, -0.2) is 9.18 Å². The lowest BCUT2D eigenvalue weighted by atomic mass is 10.1. The molecule has 0 amide bonds. The van der Waals surface area contributed by atoms with Gasteiger partial charge in [-0.05, 0) is 0 Å². The molecule has 94 valence electrons. The number of halogens is 1. The third kappa shape index (κ3) is 2.02. The highest BCUT2D eigenvalue weighted by atomic mass is 18.2. The molecule has 0 saturated carbocycles. The fraction of sp³-hybridized carbons (Fsp3) is 0.556. The summed E-state index contributed by atoms with van der Waals surface area (Å²) in [6.07, 6.45) is -4.73. The molecule has 7 nitrogen and oxygen atoms in total. The number of aliphatic hydroxyl groups is 2. The Morgan fingerprint density at radius 3 is 2.76 bits per heavy atom. The lowest BCUT2D eigenvalue weighted by Crippen LogP contribution is -2.35. The number of aliphatic hydroxyl groups excluding tert-OH is 2. The van der Waals surface area contributed by atoms with Crippen LogP contribution in [0.5, 0.6) is 0 Å². The summed E-state index contributed by atoms with van der Waals surface area (Å²) in [5, 5.41) is 18.2. The number of aromatic nitrogens is 2. The number of H-pyrrole nitrogens is 1. The van der Waals surface area contributed by atoms with Gasteiger partial charge in [-0.3, -0.25) is 14.3 Å². The summed E-state index contributed by atoms with van der Waals surface area (Å²) in [4.78, 5) is 24.2. The molecule has 4 atom stereocenters. The number of nitrogens with one attached hydrogen (secondary N) is 1. The van der Waals surface area contributed by atoms with Crippen molar-refractivity contribution in [3.8, 4) is 0 Å². The fourth-order valence-electron chi connectivity index (χ4n) is 1.71. The van der Waals surface area contributed by atoms with Crippen LogP contribution in [0.3, 0.4) is 0 Å². The molecule has 1 aliphatic rings. The number of alkyl halides is 1. The van der Waals surface area contributed by atoms with Crippen molar-refractivity contribution in [3.05, 3.63) is 33.1 Å². The van der Waals surface area contributed by atoms with E-state index in [1.54, 1.807) is 0 Å². The Kier molecular flexibility index (Phi) is 3.09. The molecule has 0 aliphatic carbocycles. The highest BCUT2D eigenvalue weighted by Crippen LogP contribution is 2.30. The summed E-state index contributed by atoms with van der Waals surface area (Å²) in [5.74, 6) is 0. The number of hydrogen-bond donors (Lipinski definition) is 3. The zero-order valence-corrected chi connectivity index (χ0v) is 8.62. The van der Waals surface area contributed by atoms with E-state index < -0.39 is 42.5 Å². The Morgan fingerprint density at radius 1 is 1.53 bits per heavy atom. The first kappa shape index (κ1) is 12.0. The number of nitrogens with zero attached hydrogens (tertiary/aromatic N) is 1. The smallest absolute Gasteiger partial charge is 0.330 e. The molecule has 17 heavy (non-hydrogen) atoms. The quantitative estimate of drug-likeness (QED) is 0.566. The molecular formula is C9H11FN2O5. The molecule has 0 spiro atoms. The minimum Gasteiger partial charge on any atom is -0.394 e. The van der Waals surface area contributed by atoms with Crippen molar-refractivity contribution in [2.24, 2.45) is 0 Å². The van der Waals surface area contributed by atoms with Gasteiger partial charge in [0.25, 0.3) is 5.56 Å². The lowest BCUT2D eigenvalue weighted by molar-refractivity contribution is -0.0491. The van der Waals surface area contributed by atoms with Crippen molar-refractivity contribution in [1.82, 2.24) is 9.55 Å². The molecule has 1 saturated heterocycles. The molecule has 0 aromatic carbocycles. The monoisotopic (exact) mass is 245 g/mol. The van der Waals surface area contributed by atoms with E-state index in [9.17, 15) is 19.1 Å². The van der Waals surface area contributed by atoms with E-state index in [4.69, 9.17) is 9.84 Å². The maximum absolute atomic E-state index is 13.6. The summed E-state index contributed by atoms with van der Waals surface area (Å²) in [5.41, 5.74) is -1.45. The van der Waals surface area contributed by atoms with Crippen LogP contribution in [0.2, 0.25) is 0 Å².